The van der Waals surface area contributed by atoms with E-state index in [4.69, 9.17) is 5.14 Å². The Bertz CT molecular complexity index is 812. The normalized spacial score (nSPS) is 11.7. The zero-order valence-electron chi connectivity index (χ0n) is 14.4. The number of hydrogen-bond donors (Lipinski definition) is 2. The Balaban J connectivity index is 1.73. The third-order valence-electron chi connectivity index (χ3n) is 3.71. The number of aromatic nitrogens is 1. The number of thiazole rings is 1. The number of aryl methyl sites for hydroxylation is 1. The van der Waals surface area contributed by atoms with Crippen molar-refractivity contribution in [2.45, 2.75) is 43.9 Å². The maximum Gasteiger partial charge on any atom is 0.238 e. The Morgan fingerprint density at radius 2 is 1.92 bits per heavy atom. The summed E-state index contributed by atoms with van der Waals surface area (Å²) in [6.45, 7) is 4.70. The molecule has 0 bridgehead atoms. The first-order valence-corrected chi connectivity index (χ1v) is 10.5. The molecule has 1 aromatic heterocycles. The van der Waals surface area contributed by atoms with Crippen LogP contribution < -0.4 is 10.5 Å². The molecular weight excluding hydrogens is 358 g/mol. The minimum atomic E-state index is -3.67. The minimum Gasteiger partial charge on any atom is -0.356 e. The molecule has 0 fully saturated rings. The minimum absolute atomic E-state index is 0.0116. The Morgan fingerprint density at radius 1 is 1.24 bits per heavy atom. The highest BCUT2D eigenvalue weighted by Crippen LogP contribution is 2.18. The number of carbonyl (C=O) groups excluding carboxylic acids is 1. The molecule has 8 heteroatoms. The van der Waals surface area contributed by atoms with Crippen LogP contribution in [0, 0.1) is 0 Å². The van der Waals surface area contributed by atoms with Gasteiger partial charge in [0.15, 0.2) is 0 Å². The molecule has 25 heavy (non-hydrogen) atoms. The van der Waals surface area contributed by atoms with Gasteiger partial charge in [-0.2, -0.15) is 0 Å². The van der Waals surface area contributed by atoms with E-state index in [2.05, 4.69) is 24.1 Å². The van der Waals surface area contributed by atoms with E-state index in [1.54, 1.807) is 23.5 Å². The zero-order chi connectivity index (χ0) is 18.4. The summed E-state index contributed by atoms with van der Waals surface area (Å²) < 4.78 is 22.4. The highest BCUT2D eigenvalue weighted by Gasteiger charge is 2.09. The lowest BCUT2D eigenvalue weighted by molar-refractivity contribution is -0.121. The van der Waals surface area contributed by atoms with Gasteiger partial charge in [-0.15, -0.1) is 11.3 Å². The van der Waals surface area contributed by atoms with Crippen molar-refractivity contribution in [3.8, 4) is 0 Å². The van der Waals surface area contributed by atoms with Gasteiger partial charge in [-0.1, -0.05) is 26.0 Å². The lowest BCUT2D eigenvalue weighted by Crippen LogP contribution is -2.25. The van der Waals surface area contributed by atoms with E-state index in [1.807, 2.05) is 5.38 Å². The van der Waals surface area contributed by atoms with Crippen molar-refractivity contribution in [1.29, 1.82) is 0 Å². The topological polar surface area (TPSA) is 102 Å². The van der Waals surface area contributed by atoms with Crippen LogP contribution in [-0.4, -0.2) is 25.9 Å². The average molecular weight is 382 g/mol. The van der Waals surface area contributed by atoms with Gasteiger partial charge in [0.1, 0.15) is 0 Å². The molecule has 0 saturated carbocycles. The molecule has 0 aliphatic heterocycles. The van der Waals surface area contributed by atoms with Gasteiger partial charge in [0, 0.05) is 24.8 Å². The molecule has 0 spiro atoms. The van der Waals surface area contributed by atoms with Crippen LogP contribution in [0.5, 0.6) is 0 Å². The molecule has 2 rings (SSSR count). The molecule has 0 aliphatic carbocycles. The van der Waals surface area contributed by atoms with Crippen molar-refractivity contribution in [3.05, 3.63) is 45.9 Å². The molecular formula is C17H23N3O3S2. The lowest BCUT2D eigenvalue weighted by Gasteiger charge is -2.06. The highest BCUT2D eigenvalue weighted by molar-refractivity contribution is 7.89. The molecule has 1 aromatic carbocycles. The zero-order valence-corrected chi connectivity index (χ0v) is 16.0. The van der Waals surface area contributed by atoms with Gasteiger partial charge in [0.25, 0.3) is 0 Å². The van der Waals surface area contributed by atoms with Crippen LogP contribution in [0.4, 0.5) is 0 Å². The average Bonchev–Trinajstić information content (AvgIpc) is 3.02. The third kappa shape index (κ3) is 6.22. The van der Waals surface area contributed by atoms with E-state index < -0.39 is 10.0 Å². The molecule has 0 atom stereocenters. The largest absolute Gasteiger partial charge is 0.356 e. The van der Waals surface area contributed by atoms with Crippen LogP contribution in [0.2, 0.25) is 0 Å². The van der Waals surface area contributed by atoms with E-state index in [0.29, 0.717) is 31.7 Å². The standard InChI is InChI=1S/C17H23N3O3S2/c1-12(2)15-11-24-17(20-15)8-7-16(21)19-10-9-13-3-5-14(6-4-13)25(18,22)23/h3-6,11-12H,7-10H2,1-2H3,(H,19,21)(H2,18,22,23). The molecule has 0 saturated heterocycles. The summed E-state index contributed by atoms with van der Waals surface area (Å²) in [5, 5.41) is 11.0. The smallest absolute Gasteiger partial charge is 0.238 e. The SMILES string of the molecule is CC(C)c1csc(CCC(=O)NCCc2ccc(S(N)(=O)=O)cc2)n1. The number of amides is 1. The molecule has 1 amide bonds. The number of nitrogens with zero attached hydrogens (tertiary/aromatic N) is 1. The maximum absolute atomic E-state index is 11.9. The summed E-state index contributed by atoms with van der Waals surface area (Å²) in [5.41, 5.74) is 2.01. The molecule has 0 radical (unpaired) electrons. The van der Waals surface area contributed by atoms with Gasteiger partial charge in [-0.05, 0) is 30.0 Å². The van der Waals surface area contributed by atoms with E-state index in [1.165, 1.54) is 12.1 Å². The maximum atomic E-state index is 11.9. The molecule has 136 valence electrons. The van der Waals surface area contributed by atoms with E-state index >= 15 is 0 Å². The molecule has 2 aromatic rings. The van der Waals surface area contributed by atoms with Gasteiger partial charge in [0.05, 0.1) is 15.6 Å². The number of nitrogens with one attached hydrogen (secondary N) is 1. The summed E-state index contributed by atoms with van der Waals surface area (Å²) in [4.78, 5) is 16.5. The number of primary sulfonamides is 1. The molecule has 1 heterocycles. The summed E-state index contributed by atoms with van der Waals surface area (Å²) in [6.07, 6.45) is 1.69. The van der Waals surface area contributed by atoms with Crippen molar-refractivity contribution >= 4 is 27.3 Å². The lowest BCUT2D eigenvalue weighted by atomic mass is 10.1. The Kier molecular flexibility index (Phi) is 6.69. The summed E-state index contributed by atoms with van der Waals surface area (Å²) in [5.74, 6) is 0.391. The second kappa shape index (κ2) is 8.55. The summed E-state index contributed by atoms with van der Waals surface area (Å²) in [6, 6.07) is 6.35. The molecule has 0 unspecified atom stereocenters. The predicted octanol–water partition coefficient (Wildman–Crippen LogP) is 2.21. The quantitative estimate of drug-likeness (QED) is 0.732. The summed E-state index contributed by atoms with van der Waals surface area (Å²) in [7, 11) is -3.67. The first-order valence-electron chi connectivity index (χ1n) is 8.08. The number of rotatable bonds is 8. The van der Waals surface area contributed by atoms with Crippen LogP contribution in [0.1, 0.15) is 42.5 Å². The van der Waals surface area contributed by atoms with Crippen LogP contribution >= 0.6 is 11.3 Å². The Labute approximate surface area is 152 Å². The van der Waals surface area contributed by atoms with Crippen LogP contribution in [0.15, 0.2) is 34.5 Å². The Morgan fingerprint density at radius 3 is 2.48 bits per heavy atom. The highest BCUT2D eigenvalue weighted by atomic mass is 32.2. The first-order chi connectivity index (χ1) is 11.8. The van der Waals surface area contributed by atoms with Crippen LogP contribution in [0.3, 0.4) is 0 Å². The molecule has 3 N–H and O–H groups in total. The van der Waals surface area contributed by atoms with Crippen molar-refractivity contribution < 1.29 is 13.2 Å². The van der Waals surface area contributed by atoms with Crippen molar-refractivity contribution in [2.75, 3.05) is 6.54 Å². The Hall–Kier alpha value is -1.77. The summed E-state index contributed by atoms with van der Waals surface area (Å²) >= 11 is 1.59. The predicted molar refractivity (Wildman–Crippen MR) is 99.1 cm³/mol. The van der Waals surface area contributed by atoms with E-state index in [-0.39, 0.29) is 10.8 Å². The van der Waals surface area contributed by atoms with Crippen molar-refractivity contribution in [3.63, 3.8) is 0 Å². The van der Waals surface area contributed by atoms with Crippen molar-refractivity contribution in [2.24, 2.45) is 5.14 Å². The van der Waals surface area contributed by atoms with Crippen LogP contribution in [0.25, 0.3) is 0 Å². The second-order valence-electron chi connectivity index (χ2n) is 6.11. The fraction of sp³-hybridized carbons (Fsp3) is 0.412. The fourth-order valence-corrected chi connectivity index (χ4v) is 3.68. The number of benzene rings is 1. The second-order valence-corrected chi connectivity index (χ2v) is 8.61. The van der Waals surface area contributed by atoms with Gasteiger partial charge in [-0.25, -0.2) is 18.5 Å². The fourth-order valence-electron chi connectivity index (χ4n) is 2.21. The van der Waals surface area contributed by atoms with Crippen molar-refractivity contribution in [1.82, 2.24) is 10.3 Å². The van der Waals surface area contributed by atoms with Gasteiger partial charge in [0.2, 0.25) is 15.9 Å². The first kappa shape index (κ1) is 19.6. The molecule has 6 nitrogen and oxygen atoms in total. The van der Waals surface area contributed by atoms with Gasteiger partial charge >= 0.3 is 0 Å². The van der Waals surface area contributed by atoms with Gasteiger partial charge < -0.3 is 5.32 Å². The molecule has 0 aliphatic rings. The number of carbonyl (C=O) groups is 1. The van der Waals surface area contributed by atoms with Crippen LogP contribution in [-0.2, 0) is 27.7 Å². The van der Waals surface area contributed by atoms with E-state index in [9.17, 15) is 13.2 Å². The number of hydrogen-bond acceptors (Lipinski definition) is 5. The third-order valence-corrected chi connectivity index (χ3v) is 5.57. The number of sulfonamides is 1. The van der Waals surface area contributed by atoms with E-state index in [0.717, 1.165) is 16.3 Å². The van der Waals surface area contributed by atoms with Gasteiger partial charge in [-0.3, -0.25) is 4.79 Å². The number of nitrogens with two attached hydrogens (primary N) is 1. The monoisotopic (exact) mass is 381 g/mol.